The first-order chi connectivity index (χ1) is 14.7. The van der Waals surface area contributed by atoms with Gasteiger partial charge in [-0.15, -0.1) is 0 Å². The maximum Gasteiger partial charge on any atom is 0.338 e. The number of carbonyl (C=O) groups is 3. The molecule has 0 unspecified atom stereocenters. The van der Waals surface area contributed by atoms with Crippen LogP contribution in [0, 0.1) is 0 Å². The lowest BCUT2D eigenvalue weighted by atomic mass is 10.1. The fourth-order valence-electron chi connectivity index (χ4n) is 2.79. The third-order valence-corrected chi connectivity index (χ3v) is 5.48. The minimum absolute atomic E-state index is 0.0174. The lowest BCUT2D eigenvalue weighted by Gasteiger charge is -2.19. The molecule has 0 saturated heterocycles. The maximum atomic E-state index is 12.9. The van der Waals surface area contributed by atoms with E-state index < -0.39 is 27.9 Å². The molecule has 2 aromatic carbocycles. The molecule has 1 amide bonds. The molecular weight excluding hydrogens is 428 g/mol. The van der Waals surface area contributed by atoms with E-state index in [4.69, 9.17) is 14.2 Å². The summed E-state index contributed by atoms with van der Waals surface area (Å²) in [5, 5.41) is 2.53. The fraction of sp³-hybridized carbons (Fsp3) is 0.250. The number of ether oxygens (including phenoxy) is 3. The van der Waals surface area contributed by atoms with Crippen molar-refractivity contribution >= 4 is 39.2 Å². The average Bonchev–Trinajstić information content (AvgIpc) is 2.73. The highest BCUT2D eigenvalue weighted by Crippen LogP contribution is 2.31. The first-order valence-electron chi connectivity index (χ1n) is 9.32. The molecule has 2 N–H and O–H groups in total. The predicted molar refractivity (Wildman–Crippen MR) is 110 cm³/mol. The van der Waals surface area contributed by atoms with Crippen LogP contribution in [-0.4, -0.2) is 46.1 Å². The lowest BCUT2D eigenvalue weighted by Crippen LogP contribution is -2.25. The van der Waals surface area contributed by atoms with E-state index in [1.54, 1.807) is 13.8 Å². The number of benzene rings is 2. The molecule has 0 aliphatic carbocycles. The highest BCUT2D eigenvalue weighted by Gasteiger charge is 2.22. The van der Waals surface area contributed by atoms with E-state index in [1.165, 1.54) is 36.4 Å². The average molecular weight is 448 g/mol. The first kappa shape index (κ1) is 22.1. The SMILES string of the molecule is CCOC(=O)c1cc(NS(=O)(=O)c2ccc3c(c2)NC(=O)CO3)cc(C(=O)OCC)c1. The Hall–Kier alpha value is -3.60. The zero-order valence-electron chi connectivity index (χ0n) is 16.8. The molecule has 1 aliphatic heterocycles. The highest BCUT2D eigenvalue weighted by atomic mass is 32.2. The molecule has 2 aromatic rings. The van der Waals surface area contributed by atoms with Gasteiger partial charge in [-0.1, -0.05) is 0 Å². The van der Waals surface area contributed by atoms with Gasteiger partial charge in [0, 0.05) is 0 Å². The van der Waals surface area contributed by atoms with Crippen LogP contribution in [0.5, 0.6) is 5.75 Å². The van der Waals surface area contributed by atoms with Crippen molar-refractivity contribution in [1.29, 1.82) is 0 Å². The van der Waals surface area contributed by atoms with Gasteiger partial charge >= 0.3 is 11.9 Å². The van der Waals surface area contributed by atoms with Crippen molar-refractivity contribution in [2.45, 2.75) is 18.7 Å². The van der Waals surface area contributed by atoms with Gasteiger partial charge in [0.25, 0.3) is 15.9 Å². The molecule has 0 spiro atoms. The van der Waals surface area contributed by atoms with Crippen LogP contribution in [0.15, 0.2) is 41.3 Å². The molecule has 0 radical (unpaired) electrons. The lowest BCUT2D eigenvalue weighted by molar-refractivity contribution is -0.118. The van der Waals surface area contributed by atoms with Crippen LogP contribution in [-0.2, 0) is 24.3 Å². The number of hydrogen-bond acceptors (Lipinski definition) is 8. The second-order valence-corrected chi connectivity index (χ2v) is 8.02. The third kappa shape index (κ3) is 5.12. The summed E-state index contributed by atoms with van der Waals surface area (Å²) in [6.07, 6.45) is 0. The number of anilines is 2. The van der Waals surface area contributed by atoms with Crippen LogP contribution in [0.25, 0.3) is 0 Å². The van der Waals surface area contributed by atoms with Gasteiger partial charge in [0.2, 0.25) is 0 Å². The topological polar surface area (TPSA) is 137 Å². The third-order valence-electron chi connectivity index (χ3n) is 4.10. The smallest absolute Gasteiger partial charge is 0.338 e. The quantitative estimate of drug-likeness (QED) is 0.615. The Bertz CT molecular complexity index is 1110. The zero-order chi connectivity index (χ0) is 22.6. The van der Waals surface area contributed by atoms with Gasteiger partial charge in [0.15, 0.2) is 6.61 Å². The normalized spacial score (nSPS) is 12.8. The van der Waals surface area contributed by atoms with E-state index in [9.17, 15) is 22.8 Å². The van der Waals surface area contributed by atoms with Crippen LogP contribution in [0.2, 0.25) is 0 Å². The first-order valence-corrected chi connectivity index (χ1v) is 10.8. The van der Waals surface area contributed by atoms with Crippen molar-refractivity contribution < 1.29 is 37.0 Å². The summed E-state index contributed by atoms with van der Waals surface area (Å²) in [7, 11) is -4.13. The Balaban J connectivity index is 1.96. The summed E-state index contributed by atoms with van der Waals surface area (Å²) < 4.78 is 43.2. The Morgan fingerprint density at radius 2 is 1.65 bits per heavy atom. The van der Waals surface area contributed by atoms with Crippen LogP contribution in [0.1, 0.15) is 34.6 Å². The number of carbonyl (C=O) groups excluding carboxylic acids is 3. The number of fused-ring (bicyclic) bond motifs is 1. The number of nitrogens with one attached hydrogen (secondary N) is 2. The van der Waals surface area contributed by atoms with Crippen molar-refractivity contribution in [1.82, 2.24) is 0 Å². The van der Waals surface area contributed by atoms with Gasteiger partial charge in [-0.25, -0.2) is 18.0 Å². The minimum Gasteiger partial charge on any atom is -0.482 e. The van der Waals surface area contributed by atoms with Gasteiger partial charge < -0.3 is 19.5 Å². The largest absolute Gasteiger partial charge is 0.482 e. The number of esters is 2. The molecule has 0 saturated carbocycles. The molecule has 1 heterocycles. The van der Waals surface area contributed by atoms with Crippen molar-refractivity contribution in [2.24, 2.45) is 0 Å². The van der Waals surface area contributed by atoms with Crippen molar-refractivity contribution in [3.8, 4) is 5.75 Å². The summed E-state index contributed by atoms with van der Waals surface area (Å²) in [4.78, 5) is 35.6. The molecule has 10 nitrogen and oxygen atoms in total. The minimum atomic E-state index is -4.13. The summed E-state index contributed by atoms with van der Waals surface area (Å²) in [6, 6.07) is 7.74. The van der Waals surface area contributed by atoms with Crippen molar-refractivity contribution in [3.05, 3.63) is 47.5 Å². The van der Waals surface area contributed by atoms with Gasteiger partial charge in [0.1, 0.15) is 5.75 Å². The Morgan fingerprint density at radius 1 is 1.03 bits per heavy atom. The molecule has 3 rings (SSSR count). The summed E-state index contributed by atoms with van der Waals surface area (Å²) in [5.41, 5.74) is 0.144. The molecule has 0 aromatic heterocycles. The Morgan fingerprint density at radius 3 is 2.23 bits per heavy atom. The van der Waals surface area contributed by atoms with E-state index >= 15 is 0 Å². The molecule has 0 fully saturated rings. The standard InChI is InChI=1S/C20H20N2O8S/c1-3-28-19(24)12-7-13(20(25)29-4-2)9-14(8-12)22-31(26,27)15-5-6-17-16(10-15)21-18(23)11-30-17/h5-10,22H,3-4,11H2,1-2H3,(H,21,23). The number of hydrogen-bond donors (Lipinski definition) is 2. The molecule has 1 aliphatic rings. The molecule has 31 heavy (non-hydrogen) atoms. The molecule has 11 heteroatoms. The van der Waals surface area contributed by atoms with Gasteiger partial charge in [-0.05, 0) is 50.2 Å². The van der Waals surface area contributed by atoms with E-state index in [0.717, 1.165) is 0 Å². The van der Waals surface area contributed by atoms with Crippen molar-refractivity contribution in [3.63, 3.8) is 0 Å². The Labute approximate surface area is 178 Å². The Kier molecular flexibility index (Phi) is 6.44. The molecular formula is C20H20N2O8S. The van der Waals surface area contributed by atoms with Crippen LogP contribution < -0.4 is 14.8 Å². The number of amides is 1. The summed E-state index contributed by atoms with van der Waals surface area (Å²) >= 11 is 0. The number of sulfonamides is 1. The molecule has 0 atom stereocenters. The van der Waals surface area contributed by atoms with Crippen LogP contribution >= 0.6 is 0 Å². The van der Waals surface area contributed by atoms with E-state index in [2.05, 4.69) is 10.0 Å². The van der Waals surface area contributed by atoms with Crippen LogP contribution in [0.4, 0.5) is 11.4 Å². The zero-order valence-corrected chi connectivity index (χ0v) is 17.6. The molecule has 164 valence electrons. The maximum absolute atomic E-state index is 12.9. The van der Waals surface area contributed by atoms with E-state index in [1.807, 2.05) is 0 Å². The second kappa shape index (κ2) is 9.04. The monoisotopic (exact) mass is 448 g/mol. The van der Waals surface area contributed by atoms with E-state index in [0.29, 0.717) is 5.75 Å². The fourth-order valence-corrected chi connectivity index (χ4v) is 3.86. The van der Waals surface area contributed by atoms with Gasteiger partial charge in [-0.3, -0.25) is 9.52 Å². The summed E-state index contributed by atoms with van der Waals surface area (Å²) in [6.45, 7) is 3.29. The predicted octanol–water partition coefficient (Wildman–Crippen LogP) is 2.17. The highest BCUT2D eigenvalue weighted by molar-refractivity contribution is 7.92. The number of rotatable bonds is 7. The van der Waals surface area contributed by atoms with Gasteiger partial charge in [0.05, 0.1) is 40.6 Å². The van der Waals surface area contributed by atoms with Gasteiger partial charge in [-0.2, -0.15) is 0 Å². The molecule has 0 bridgehead atoms. The second-order valence-electron chi connectivity index (χ2n) is 6.34. The van der Waals surface area contributed by atoms with Crippen LogP contribution in [0.3, 0.4) is 0 Å². The summed E-state index contributed by atoms with van der Waals surface area (Å²) in [5.74, 6) is -1.51. The van der Waals surface area contributed by atoms with E-state index in [-0.39, 0.29) is 47.2 Å². The van der Waals surface area contributed by atoms with Crippen molar-refractivity contribution in [2.75, 3.05) is 29.9 Å².